The van der Waals surface area contributed by atoms with Gasteiger partial charge in [-0.15, -0.1) is 5.10 Å². The Bertz CT molecular complexity index is 1060. The second kappa shape index (κ2) is 8.66. The molecular formula is C23H29N7O3. The third-order valence-electron chi connectivity index (χ3n) is 7.53. The number of tetrazole rings is 1. The van der Waals surface area contributed by atoms with Gasteiger partial charge in [0.1, 0.15) is 12.9 Å². The Balaban J connectivity index is 1.21. The zero-order valence-corrected chi connectivity index (χ0v) is 19.1. The number of amides is 1. The van der Waals surface area contributed by atoms with E-state index in [-0.39, 0.29) is 23.9 Å². The summed E-state index contributed by atoms with van der Waals surface area (Å²) in [7, 11) is 0. The van der Waals surface area contributed by atoms with E-state index in [2.05, 4.69) is 38.4 Å². The topological polar surface area (TPSA) is 106 Å². The molecule has 10 nitrogen and oxygen atoms in total. The van der Waals surface area contributed by atoms with Crippen molar-refractivity contribution in [2.45, 2.75) is 58.5 Å². The number of likely N-dealkylation sites (tertiary alicyclic amines) is 1. The van der Waals surface area contributed by atoms with Crippen molar-refractivity contribution in [2.24, 2.45) is 5.41 Å². The first-order chi connectivity index (χ1) is 16.0. The predicted molar refractivity (Wildman–Crippen MR) is 118 cm³/mol. The molecule has 0 atom stereocenters. The van der Waals surface area contributed by atoms with E-state index in [1.165, 1.54) is 11.0 Å². The standard InChI is InChI=1S/C23H29N7O3/c1-3-28(13-17-4-5-20(24-12-17)30-15-25-26-27-30)18-6-8-23(9-7-18)10-11-29(22(23)32)19-14-33-21(31)16(19)2/h4-5,12,15,18H,3,6-11,13-14H2,1-2H3/t18-,23+. The normalized spacial score (nSPS) is 25.5. The number of pyridine rings is 1. The molecule has 0 N–H and O–H groups in total. The number of aromatic nitrogens is 5. The van der Waals surface area contributed by atoms with Crippen LogP contribution in [0, 0.1) is 5.41 Å². The Morgan fingerprint density at radius 3 is 2.64 bits per heavy atom. The highest BCUT2D eigenvalue weighted by molar-refractivity contribution is 5.94. The number of hydrogen-bond acceptors (Lipinski definition) is 8. The molecule has 1 aliphatic carbocycles. The molecule has 1 amide bonds. The van der Waals surface area contributed by atoms with Gasteiger partial charge in [0.2, 0.25) is 5.91 Å². The Morgan fingerprint density at radius 1 is 1.21 bits per heavy atom. The summed E-state index contributed by atoms with van der Waals surface area (Å²) in [5.74, 6) is 0.566. The molecule has 3 aliphatic rings. The SMILES string of the molecule is CCN(Cc1ccc(-n2cnnn2)nc1)[C@H]1CC[C@]2(CCN(C3=C(C)C(=O)OC3)C2=O)CC1. The van der Waals surface area contributed by atoms with E-state index in [1.807, 2.05) is 17.2 Å². The summed E-state index contributed by atoms with van der Waals surface area (Å²) >= 11 is 0. The lowest BCUT2D eigenvalue weighted by molar-refractivity contribution is -0.138. The highest BCUT2D eigenvalue weighted by atomic mass is 16.5. The number of carbonyl (C=O) groups excluding carboxylic acids is 2. The third-order valence-corrected chi connectivity index (χ3v) is 7.53. The summed E-state index contributed by atoms with van der Waals surface area (Å²) in [6.07, 6.45) is 8.04. The minimum Gasteiger partial charge on any atom is -0.456 e. The number of hydrogen-bond donors (Lipinski definition) is 0. The van der Waals surface area contributed by atoms with Crippen molar-refractivity contribution < 1.29 is 14.3 Å². The maximum absolute atomic E-state index is 13.4. The molecule has 4 heterocycles. The van der Waals surface area contributed by atoms with Crippen molar-refractivity contribution >= 4 is 11.9 Å². The van der Waals surface area contributed by atoms with E-state index in [4.69, 9.17) is 4.74 Å². The van der Waals surface area contributed by atoms with Gasteiger partial charge in [0.25, 0.3) is 0 Å². The summed E-state index contributed by atoms with van der Waals surface area (Å²) in [5, 5.41) is 11.2. The van der Waals surface area contributed by atoms with Gasteiger partial charge in [0.05, 0.1) is 16.7 Å². The molecular weight excluding hydrogens is 422 g/mol. The summed E-state index contributed by atoms with van der Waals surface area (Å²) in [6, 6.07) is 4.44. The first-order valence-electron chi connectivity index (χ1n) is 11.6. The van der Waals surface area contributed by atoms with Crippen LogP contribution < -0.4 is 0 Å². The molecule has 33 heavy (non-hydrogen) atoms. The fourth-order valence-electron chi connectivity index (χ4n) is 5.46. The highest BCUT2D eigenvalue weighted by Crippen LogP contribution is 2.47. The van der Waals surface area contributed by atoms with Crippen LogP contribution in [-0.2, 0) is 20.9 Å². The molecule has 1 spiro atoms. The number of carbonyl (C=O) groups is 2. The average molecular weight is 452 g/mol. The van der Waals surface area contributed by atoms with Crippen LogP contribution in [0.5, 0.6) is 0 Å². The predicted octanol–water partition coefficient (Wildman–Crippen LogP) is 1.87. The minimum absolute atomic E-state index is 0.180. The molecule has 0 bridgehead atoms. The molecule has 2 aromatic heterocycles. The van der Waals surface area contributed by atoms with Gasteiger partial charge < -0.3 is 9.64 Å². The summed E-state index contributed by atoms with van der Waals surface area (Å²) in [4.78, 5) is 33.9. The molecule has 2 aromatic rings. The van der Waals surface area contributed by atoms with Crippen LogP contribution in [0.4, 0.5) is 0 Å². The lowest BCUT2D eigenvalue weighted by Crippen LogP contribution is -2.43. The molecule has 2 aliphatic heterocycles. The summed E-state index contributed by atoms with van der Waals surface area (Å²) in [6.45, 7) is 6.61. The Morgan fingerprint density at radius 2 is 2.03 bits per heavy atom. The second-order valence-electron chi connectivity index (χ2n) is 9.21. The van der Waals surface area contributed by atoms with Crippen molar-refractivity contribution in [3.05, 3.63) is 41.5 Å². The number of rotatable bonds is 6. The molecule has 2 fully saturated rings. The first kappa shape index (κ1) is 21.7. The maximum atomic E-state index is 13.4. The van der Waals surface area contributed by atoms with Gasteiger partial charge in [-0.2, -0.15) is 4.68 Å². The van der Waals surface area contributed by atoms with Crippen LogP contribution in [0.2, 0.25) is 0 Å². The molecule has 1 saturated carbocycles. The summed E-state index contributed by atoms with van der Waals surface area (Å²) < 4.78 is 6.67. The second-order valence-corrected chi connectivity index (χ2v) is 9.21. The minimum atomic E-state index is -0.304. The van der Waals surface area contributed by atoms with E-state index < -0.39 is 0 Å². The van der Waals surface area contributed by atoms with E-state index in [0.29, 0.717) is 24.0 Å². The zero-order chi connectivity index (χ0) is 23.0. The Kier molecular flexibility index (Phi) is 5.69. The fraction of sp³-hybridized carbons (Fsp3) is 0.565. The van der Waals surface area contributed by atoms with Gasteiger partial charge in [-0.1, -0.05) is 13.0 Å². The van der Waals surface area contributed by atoms with Gasteiger partial charge in [0.15, 0.2) is 5.82 Å². The third kappa shape index (κ3) is 3.92. The van der Waals surface area contributed by atoms with Crippen molar-refractivity contribution in [1.82, 2.24) is 35.0 Å². The van der Waals surface area contributed by atoms with E-state index in [9.17, 15) is 9.59 Å². The number of cyclic esters (lactones) is 1. The fourth-order valence-corrected chi connectivity index (χ4v) is 5.46. The van der Waals surface area contributed by atoms with Gasteiger partial charge in [0, 0.05) is 25.3 Å². The molecule has 0 unspecified atom stereocenters. The van der Waals surface area contributed by atoms with Gasteiger partial charge >= 0.3 is 5.97 Å². The molecule has 10 heteroatoms. The van der Waals surface area contributed by atoms with E-state index >= 15 is 0 Å². The van der Waals surface area contributed by atoms with Crippen LogP contribution in [0.3, 0.4) is 0 Å². The Labute approximate surface area is 192 Å². The van der Waals surface area contributed by atoms with Crippen LogP contribution in [0.15, 0.2) is 35.9 Å². The molecule has 0 radical (unpaired) electrons. The Hall–Kier alpha value is -3.14. The van der Waals surface area contributed by atoms with Crippen molar-refractivity contribution in [3.8, 4) is 5.82 Å². The van der Waals surface area contributed by atoms with Crippen molar-refractivity contribution in [2.75, 3.05) is 19.7 Å². The van der Waals surface area contributed by atoms with E-state index in [0.717, 1.165) is 56.5 Å². The van der Waals surface area contributed by atoms with Crippen LogP contribution >= 0.6 is 0 Å². The molecule has 1 saturated heterocycles. The van der Waals surface area contributed by atoms with Gasteiger partial charge in [-0.25, -0.2) is 9.78 Å². The monoisotopic (exact) mass is 451 g/mol. The first-order valence-corrected chi connectivity index (χ1v) is 11.6. The van der Waals surface area contributed by atoms with Crippen LogP contribution in [-0.4, -0.2) is 72.6 Å². The van der Waals surface area contributed by atoms with Crippen molar-refractivity contribution in [1.29, 1.82) is 0 Å². The lowest BCUT2D eigenvalue weighted by atomic mass is 9.71. The van der Waals surface area contributed by atoms with Gasteiger partial charge in [-0.05, 0) is 67.6 Å². The molecule has 0 aromatic carbocycles. The quantitative estimate of drug-likeness (QED) is 0.613. The maximum Gasteiger partial charge on any atom is 0.336 e. The number of esters is 1. The van der Waals surface area contributed by atoms with Gasteiger partial charge in [-0.3, -0.25) is 9.69 Å². The highest BCUT2D eigenvalue weighted by Gasteiger charge is 2.50. The smallest absolute Gasteiger partial charge is 0.336 e. The number of nitrogens with zero attached hydrogens (tertiary/aromatic N) is 7. The van der Waals surface area contributed by atoms with Crippen LogP contribution in [0.1, 0.15) is 51.5 Å². The number of ether oxygens (including phenoxy) is 1. The van der Waals surface area contributed by atoms with Crippen LogP contribution in [0.25, 0.3) is 5.82 Å². The largest absolute Gasteiger partial charge is 0.456 e. The molecule has 174 valence electrons. The molecule has 5 rings (SSSR count). The average Bonchev–Trinajstić information content (AvgIpc) is 3.56. The zero-order valence-electron chi connectivity index (χ0n) is 19.1. The summed E-state index contributed by atoms with van der Waals surface area (Å²) in [5.41, 5.74) is 2.19. The lowest BCUT2D eigenvalue weighted by Gasteiger charge is -2.40. The van der Waals surface area contributed by atoms with Crippen molar-refractivity contribution in [3.63, 3.8) is 0 Å². The van der Waals surface area contributed by atoms with E-state index in [1.54, 1.807) is 6.92 Å².